The van der Waals surface area contributed by atoms with Crippen molar-refractivity contribution in [3.8, 4) is 0 Å². The van der Waals surface area contributed by atoms with Gasteiger partial charge in [-0.15, -0.1) is 0 Å². The highest BCUT2D eigenvalue weighted by molar-refractivity contribution is 5.76. The normalized spacial score (nSPS) is 13.5. The number of aliphatic hydroxyl groups excluding tert-OH is 3. The van der Waals surface area contributed by atoms with Gasteiger partial charge in [-0.2, -0.15) is 0 Å². The monoisotopic (exact) mass is 982 g/mol. The zero-order valence-corrected chi connectivity index (χ0v) is 47.2. The summed E-state index contributed by atoms with van der Waals surface area (Å²) < 4.78 is 0. The lowest BCUT2D eigenvalue weighted by Gasteiger charge is -2.21. The summed E-state index contributed by atoms with van der Waals surface area (Å²) in [6, 6.07) is -0.763. The highest BCUT2D eigenvalue weighted by Gasteiger charge is 2.20. The Morgan fingerprint density at radius 1 is 0.371 bits per heavy atom. The van der Waals surface area contributed by atoms with Crippen LogP contribution in [0.15, 0.2) is 48.6 Å². The molecule has 3 unspecified atom stereocenters. The molecule has 0 rings (SSSR count). The largest absolute Gasteiger partial charge is 0.394 e. The highest BCUT2D eigenvalue weighted by atomic mass is 16.3. The van der Waals surface area contributed by atoms with Crippen LogP contribution in [-0.4, -0.2) is 46.1 Å². The van der Waals surface area contributed by atoms with Crippen LogP contribution in [0.1, 0.15) is 335 Å². The summed E-state index contributed by atoms with van der Waals surface area (Å²) in [7, 11) is 0. The molecule has 0 spiro atoms. The lowest BCUT2D eigenvalue weighted by Crippen LogP contribution is -2.45. The lowest BCUT2D eigenvalue weighted by atomic mass is 10.0. The first-order chi connectivity index (χ1) is 34.5. The average Bonchev–Trinajstić information content (AvgIpc) is 3.36. The molecule has 0 aliphatic carbocycles. The van der Waals surface area contributed by atoms with Gasteiger partial charge in [0.15, 0.2) is 0 Å². The van der Waals surface area contributed by atoms with Crippen LogP contribution in [0.5, 0.6) is 0 Å². The third kappa shape index (κ3) is 55.6. The van der Waals surface area contributed by atoms with Crippen molar-refractivity contribution in [1.29, 1.82) is 0 Å². The van der Waals surface area contributed by atoms with Crippen LogP contribution in [0.2, 0.25) is 0 Å². The van der Waals surface area contributed by atoms with E-state index in [1.165, 1.54) is 270 Å². The number of nitrogens with one attached hydrogen (secondary N) is 1. The molecule has 412 valence electrons. The molecule has 4 N–H and O–H groups in total. The molecule has 5 nitrogen and oxygen atoms in total. The Labute approximate surface area is 437 Å². The molecule has 0 aromatic rings. The summed E-state index contributed by atoms with van der Waals surface area (Å²) >= 11 is 0. The third-order valence-electron chi connectivity index (χ3n) is 14.6. The quantitative estimate of drug-likeness (QED) is 0.0361. The van der Waals surface area contributed by atoms with Crippen LogP contribution in [0.25, 0.3) is 0 Å². The summed E-state index contributed by atoms with van der Waals surface area (Å²) in [5, 5.41) is 33.5. The van der Waals surface area contributed by atoms with E-state index in [4.69, 9.17) is 0 Å². The van der Waals surface area contributed by atoms with Gasteiger partial charge in [0, 0.05) is 0 Å². The Balaban J connectivity index is 3.52. The van der Waals surface area contributed by atoms with Gasteiger partial charge in [-0.3, -0.25) is 4.79 Å². The summed E-state index contributed by atoms with van der Waals surface area (Å²) in [6.07, 6.45) is 80.5. The molecule has 0 aliphatic rings. The lowest BCUT2D eigenvalue weighted by molar-refractivity contribution is -0.124. The third-order valence-corrected chi connectivity index (χ3v) is 14.6. The molecule has 1 amide bonds. The standard InChI is InChI=1S/C65H123NO4/c1-3-5-7-9-11-13-15-17-19-21-23-24-25-26-27-28-29-30-31-32-33-34-35-36-37-38-39-40-41-42-44-46-48-50-52-54-56-58-62(68)60-65(70)66-63(61-67)64(69)59-57-55-53-51-49-47-45-43-22-20-18-16-14-12-10-8-6-4-2/h29-30,32-33,49,51,57,59,62-64,67-69H,3-28,31,34-48,50,52-56,58,60-61H2,1-2H3,(H,66,70)/b30-29-,33-32-,51-49+,59-57+. The van der Waals surface area contributed by atoms with Gasteiger partial charge in [-0.25, -0.2) is 0 Å². The number of amides is 1. The first kappa shape index (κ1) is 68.3. The predicted molar refractivity (Wildman–Crippen MR) is 310 cm³/mol. The molecular weight excluding hydrogens is 859 g/mol. The van der Waals surface area contributed by atoms with Crippen molar-refractivity contribution < 1.29 is 20.1 Å². The zero-order chi connectivity index (χ0) is 50.7. The number of hydrogen-bond acceptors (Lipinski definition) is 4. The first-order valence-electron chi connectivity index (χ1n) is 31.4. The van der Waals surface area contributed by atoms with Gasteiger partial charge in [-0.05, 0) is 64.2 Å². The van der Waals surface area contributed by atoms with Gasteiger partial charge in [0.1, 0.15) is 0 Å². The number of rotatable bonds is 58. The molecule has 0 saturated heterocycles. The summed E-state index contributed by atoms with van der Waals surface area (Å²) in [4.78, 5) is 12.5. The van der Waals surface area contributed by atoms with Gasteiger partial charge in [0.05, 0.1) is 31.3 Å². The van der Waals surface area contributed by atoms with Crippen molar-refractivity contribution in [1.82, 2.24) is 5.32 Å². The van der Waals surface area contributed by atoms with E-state index in [1.54, 1.807) is 6.08 Å². The van der Waals surface area contributed by atoms with Crippen LogP contribution in [-0.2, 0) is 4.79 Å². The van der Waals surface area contributed by atoms with Crippen LogP contribution in [0.4, 0.5) is 0 Å². The fraction of sp³-hybridized carbons (Fsp3) is 0.862. The molecule has 3 atom stereocenters. The van der Waals surface area contributed by atoms with Crippen molar-refractivity contribution in [2.45, 2.75) is 353 Å². The second-order valence-electron chi connectivity index (χ2n) is 21.7. The number of aliphatic hydroxyl groups is 3. The maximum absolute atomic E-state index is 12.5. The van der Waals surface area contributed by atoms with Crippen LogP contribution < -0.4 is 5.32 Å². The van der Waals surface area contributed by atoms with Gasteiger partial charge in [0.25, 0.3) is 0 Å². The summed E-state index contributed by atoms with van der Waals surface area (Å²) in [5.41, 5.74) is 0. The van der Waals surface area contributed by atoms with Crippen molar-refractivity contribution in [2.75, 3.05) is 6.61 Å². The minimum Gasteiger partial charge on any atom is -0.394 e. The smallest absolute Gasteiger partial charge is 0.222 e. The van der Waals surface area contributed by atoms with Gasteiger partial charge >= 0.3 is 0 Å². The van der Waals surface area contributed by atoms with Crippen LogP contribution >= 0.6 is 0 Å². The molecule has 0 aromatic heterocycles. The fourth-order valence-corrected chi connectivity index (χ4v) is 9.80. The molecule has 70 heavy (non-hydrogen) atoms. The van der Waals surface area contributed by atoms with Crippen LogP contribution in [0, 0.1) is 0 Å². The number of carbonyl (C=O) groups is 1. The zero-order valence-electron chi connectivity index (χ0n) is 47.2. The molecule has 0 heterocycles. The van der Waals surface area contributed by atoms with Gasteiger partial charge < -0.3 is 20.6 Å². The minimum atomic E-state index is -0.953. The van der Waals surface area contributed by atoms with Crippen LogP contribution in [0.3, 0.4) is 0 Å². The highest BCUT2D eigenvalue weighted by Crippen LogP contribution is 2.18. The summed E-state index contributed by atoms with van der Waals surface area (Å²) in [5.74, 6) is -0.322. The second kappa shape index (κ2) is 59.9. The Morgan fingerprint density at radius 2 is 0.657 bits per heavy atom. The molecule has 0 aliphatic heterocycles. The average molecular weight is 983 g/mol. The van der Waals surface area contributed by atoms with Crippen molar-refractivity contribution in [3.63, 3.8) is 0 Å². The molecule has 0 saturated carbocycles. The molecule has 0 fully saturated rings. The number of allylic oxidation sites excluding steroid dienone is 7. The number of hydrogen-bond donors (Lipinski definition) is 4. The minimum absolute atomic E-state index is 0.00634. The first-order valence-corrected chi connectivity index (χ1v) is 31.4. The van der Waals surface area contributed by atoms with E-state index in [-0.39, 0.29) is 18.9 Å². The van der Waals surface area contributed by atoms with Crippen molar-refractivity contribution in [2.24, 2.45) is 0 Å². The molecule has 5 heteroatoms. The van der Waals surface area contributed by atoms with Gasteiger partial charge in [-0.1, -0.05) is 313 Å². The topological polar surface area (TPSA) is 89.8 Å². The van der Waals surface area contributed by atoms with Crippen molar-refractivity contribution >= 4 is 5.91 Å². The van der Waals surface area contributed by atoms with E-state index < -0.39 is 18.2 Å². The van der Waals surface area contributed by atoms with E-state index in [9.17, 15) is 20.1 Å². The van der Waals surface area contributed by atoms with E-state index in [0.717, 1.165) is 38.5 Å². The Morgan fingerprint density at radius 3 is 1.00 bits per heavy atom. The van der Waals surface area contributed by atoms with E-state index in [1.807, 2.05) is 6.08 Å². The predicted octanol–water partition coefficient (Wildman–Crippen LogP) is 20.0. The fourth-order valence-electron chi connectivity index (χ4n) is 9.80. The number of carbonyl (C=O) groups excluding carboxylic acids is 1. The summed E-state index contributed by atoms with van der Waals surface area (Å²) in [6.45, 7) is 4.23. The maximum atomic E-state index is 12.5. The van der Waals surface area contributed by atoms with E-state index in [0.29, 0.717) is 6.42 Å². The number of unbranched alkanes of at least 4 members (excludes halogenated alkanes) is 43. The van der Waals surface area contributed by atoms with Crippen molar-refractivity contribution in [3.05, 3.63) is 48.6 Å². The SMILES string of the molecule is CCCCCCCCCCCCCC/C=C/CC/C=C/C(O)C(CO)NC(=O)CC(O)CCCCCCCCCCCCCCCCC/C=C\C/C=C\CCCCCCCCCCCCCCCCC. The molecule has 0 radical (unpaired) electrons. The Kier molecular flexibility index (Phi) is 58.4. The molecule has 0 bridgehead atoms. The maximum Gasteiger partial charge on any atom is 0.222 e. The van der Waals surface area contributed by atoms with E-state index in [2.05, 4.69) is 55.6 Å². The Hall–Kier alpha value is -1.69. The molecule has 0 aromatic carbocycles. The van der Waals surface area contributed by atoms with E-state index >= 15 is 0 Å². The van der Waals surface area contributed by atoms with Gasteiger partial charge in [0.2, 0.25) is 5.91 Å². The second-order valence-corrected chi connectivity index (χ2v) is 21.7. The molecular formula is C65H123NO4. The Bertz CT molecular complexity index is 1130.